The SMILES string of the molecule is CCNC1CCCC1S(=O)(=O)c1ccc(F)c(Cl)c1. The Hall–Kier alpha value is -0.650. The summed E-state index contributed by atoms with van der Waals surface area (Å²) in [4.78, 5) is 0.105. The maximum Gasteiger partial charge on any atom is 0.182 e. The van der Waals surface area contributed by atoms with Crippen LogP contribution in [0.3, 0.4) is 0 Å². The Balaban J connectivity index is 2.33. The quantitative estimate of drug-likeness (QED) is 0.870. The Morgan fingerprint density at radius 1 is 1.42 bits per heavy atom. The molecule has 0 saturated heterocycles. The van der Waals surface area contributed by atoms with Gasteiger partial charge in [0, 0.05) is 6.04 Å². The maximum absolute atomic E-state index is 13.1. The fourth-order valence-electron chi connectivity index (χ4n) is 2.62. The summed E-state index contributed by atoms with van der Waals surface area (Å²) in [5.74, 6) is -0.602. The molecule has 1 fully saturated rings. The first-order valence-corrected chi connectivity index (χ1v) is 8.31. The van der Waals surface area contributed by atoms with E-state index in [9.17, 15) is 12.8 Å². The molecular weight excluding hydrogens is 289 g/mol. The van der Waals surface area contributed by atoms with Crippen LogP contribution in [0, 0.1) is 5.82 Å². The van der Waals surface area contributed by atoms with Crippen molar-refractivity contribution < 1.29 is 12.8 Å². The summed E-state index contributed by atoms with van der Waals surface area (Å²) >= 11 is 5.67. The van der Waals surface area contributed by atoms with E-state index in [-0.39, 0.29) is 16.0 Å². The number of benzene rings is 1. The number of hydrogen-bond donors (Lipinski definition) is 1. The van der Waals surface area contributed by atoms with E-state index in [1.165, 1.54) is 12.1 Å². The first-order chi connectivity index (χ1) is 8.96. The van der Waals surface area contributed by atoms with Gasteiger partial charge in [0.05, 0.1) is 15.2 Å². The van der Waals surface area contributed by atoms with Gasteiger partial charge in [0.15, 0.2) is 9.84 Å². The molecule has 1 aliphatic rings. The predicted molar refractivity (Wildman–Crippen MR) is 73.7 cm³/mol. The van der Waals surface area contributed by atoms with E-state index in [0.29, 0.717) is 6.42 Å². The average molecular weight is 306 g/mol. The summed E-state index contributed by atoms with van der Waals surface area (Å²) in [5.41, 5.74) is 0. The van der Waals surface area contributed by atoms with Crippen molar-refractivity contribution in [3.05, 3.63) is 29.0 Å². The molecule has 0 bridgehead atoms. The zero-order valence-electron chi connectivity index (χ0n) is 10.7. The van der Waals surface area contributed by atoms with Gasteiger partial charge in [0.1, 0.15) is 5.82 Å². The lowest BCUT2D eigenvalue weighted by Crippen LogP contribution is -2.40. The molecule has 2 rings (SSSR count). The molecule has 1 saturated carbocycles. The average Bonchev–Trinajstić information content (AvgIpc) is 2.82. The molecule has 2 unspecified atom stereocenters. The van der Waals surface area contributed by atoms with Crippen molar-refractivity contribution in [3.8, 4) is 0 Å². The molecule has 0 aromatic heterocycles. The third-order valence-electron chi connectivity index (χ3n) is 3.54. The molecular formula is C13H17ClFNO2S. The molecule has 2 atom stereocenters. The molecule has 1 aliphatic carbocycles. The second-order valence-electron chi connectivity index (χ2n) is 4.75. The van der Waals surface area contributed by atoms with Crippen molar-refractivity contribution in [1.29, 1.82) is 0 Å². The van der Waals surface area contributed by atoms with Crippen LogP contribution in [0.1, 0.15) is 26.2 Å². The van der Waals surface area contributed by atoms with E-state index in [1.807, 2.05) is 6.92 Å². The fraction of sp³-hybridized carbons (Fsp3) is 0.538. The highest BCUT2D eigenvalue weighted by Crippen LogP contribution is 2.31. The third-order valence-corrected chi connectivity index (χ3v) is 6.10. The van der Waals surface area contributed by atoms with Crippen LogP contribution in [-0.4, -0.2) is 26.3 Å². The minimum absolute atomic E-state index is 0.0289. The zero-order valence-corrected chi connectivity index (χ0v) is 12.3. The van der Waals surface area contributed by atoms with Crippen LogP contribution in [0.5, 0.6) is 0 Å². The van der Waals surface area contributed by atoms with Gasteiger partial charge in [-0.15, -0.1) is 0 Å². The molecule has 0 spiro atoms. The summed E-state index contributed by atoms with van der Waals surface area (Å²) in [6.07, 6.45) is 2.37. The van der Waals surface area contributed by atoms with E-state index in [1.54, 1.807) is 0 Å². The van der Waals surface area contributed by atoms with Crippen molar-refractivity contribution in [2.45, 2.75) is 42.4 Å². The van der Waals surface area contributed by atoms with Gasteiger partial charge >= 0.3 is 0 Å². The van der Waals surface area contributed by atoms with Gasteiger partial charge in [0.25, 0.3) is 0 Å². The summed E-state index contributed by atoms with van der Waals surface area (Å²) in [7, 11) is -3.46. The van der Waals surface area contributed by atoms with E-state index in [2.05, 4.69) is 5.32 Å². The first-order valence-electron chi connectivity index (χ1n) is 6.39. The molecule has 1 aromatic rings. The lowest BCUT2D eigenvalue weighted by Gasteiger charge is -2.20. The highest BCUT2D eigenvalue weighted by molar-refractivity contribution is 7.92. The summed E-state index contributed by atoms with van der Waals surface area (Å²) in [6, 6.07) is 3.57. The Bertz CT molecular complexity index is 562. The molecule has 6 heteroatoms. The van der Waals surface area contributed by atoms with Gasteiger partial charge < -0.3 is 5.32 Å². The van der Waals surface area contributed by atoms with Crippen molar-refractivity contribution in [2.24, 2.45) is 0 Å². The zero-order chi connectivity index (χ0) is 14.0. The number of rotatable bonds is 4. The fourth-order valence-corrected chi connectivity index (χ4v) is 4.90. The number of nitrogens with one attached hydrogen (secondary N) is 1. The van der Waals surface area contributed by atoms with E-state index < -0.39 is 20.9 Å². The standard InChI is InChI=1S/C13H17ClFNO2S/c1-2-16-12-4-3-5-13(12)19(17,18)9-6-7-11(15)10(14)8-9/h6-8,12-13,16H,2-5H2,1H3. The van der Waals surface area contributed by atoms with Crippen LogP contribution in [0.15, 0.2) is 23.1 Å². The Kier molecular flexibility index (Phi) is 4.48. The van der Waals surface area contributed by atoms with Crippen LogP contribution in [0.4, 0.5) is 4.39 Å². The van der Waals surface area contributed by atoms with Crippen LogP contribution in [-0.2, 0) is 9.84 Å². The van der Waals surface area contributed by atoms with Gasteiger partial charge in [0.2, 0.25) is 0 Å². The van der Waals surface area contributed by atoms with Gasteiger partial charge in [-0.1, -0.05) is 24.9 Å². The minimum atomic E-state index is -3.46. The molecule has 0 aliphatic heterocycles. The van der Waals surface area contributed by atoms with Crippen molar-refractivity contribution in [2.75, 3.05) is 6.54 Å². The molecule has 0 heterocycles. The Labute approximate surface area is 118 Å². The van der Waals surface area contributed by atoms with E-state index >= 15 is 0 Å². The van der Waals surface area contributed by atoms with Crippen molar-refractivity contribution in [3.63, 3.8) is 0 Å². The number of hydrogen-bond acceptors (Lipinski definition) is 3. The molecule has 19 heavy (non-hydrogen) atoms. The molecule has 0 radical (unpaired) electrons. The van der Waals surface area contributed by atoms with E-state index in [0.717, 1.165) is 25.5 Å². The van der Waals surface area contributed by atoms with Crippen LogP contribution in [0.25, 0.3) is 0 Å². The minimum Gasteiger partial charge on any atom is -0.313 e. The van der Waals surface area contributed by atoms with Crippen LogP contribution >= 0.6 is 11.6 Å². The van der Waals surface area contributed by atoms with Crippen molar-refractivity contribution >= 4 is 21.4 Å². The normalized spacial score (nSPS) is 23.7. The Morgan fingerprint density at radius 3 is 2.79 bits per heavy atom. The maximum atomic E-state index is 13.1. The number of halogens is 2. The predicted octanol–water partition coefficient (Wildman–Crippen LogP) is 2.78. The summed E-state index contributed by atoms with van der Waals surface area (Å²) < 4.78 is 38.2. The molecule has 1 N–H and O–H groups in total. The van der Waals surface area contributed by atoms with Crippen molar-refractivity contribution in [1.82, 2.24) is 5.32 Å². The molecule has 0 amide bonds. The topological polar surface area (TPSA) is 46.2 Å². The van der Waals surface area contributed by atoms with Gasteiger partial charge in [-0.05, 0) is 37.6 Å². The number of sulfone groups is 1. The van der Waals surface area contributed by atoms with Gasteiger partial charge in [-0.3, -0.25) is 0 Å². The second-order valence-corrected chi connectivity index (χ2v) is 7.33. The third kappa shape index (κ3) is 2.93. The smallest absolute Gasteiger partial charge is 0.182 e. The first kappa shape index (κ1) is 14.8. The lowest BCUT2D eigenvalue weighted by atomic mass is 10.2. The molecule has 1 aromatic carbocycles. The second kappa shape index (κ2) is 5.77. The molecule has 3 nitrogen and oxygen atoms in total. The van der Waals surface area contributed by atoms with Gasteiger partial charge in [-0.2, -0.15) is 0 Å². The highest BCUT2D eigenvalue weighted by atomic mass is 35.5. The summed E-state index contributed by atoms with van der Waals surface area (Å²) in [5, 5.41) is 2.61. The van der Waals surface area contributed by atoms with Crippen LogP contribution < -0.4 is 5.32 Å². The Morgan fingerprint density at radius 2 is 2.16 bits per heavy atom. The largest absolute Gasteiger partial charge is 0.313 e. The monoisotopic (exact) mass is 305 g/mol. The van der Waals surface area contributed by atoms with E-state index in [4.69, 9.17) is 11.6 Å². The summed E-state index contributed by atoms with van der Waals surface area (Å²) in [6.45, 7) is 2.69. The van der Waals surface area contributed by atoms with Gasteiger partial charge in [-0.25, -0.2) is 12.8 Å². The van der Waals surface area contributed by atoms with Crippen LogP contribution in [0.2, 0.25) is 5.02 Å². The highest BCUT2D eigenvalue weighted by Gasteiger charge is 2.38. The molecule has 106 valence electrons. The lowest BCUT2D eigenvalue weighted by molar-refractivity contribution is 0.517.